The van der Waals surface area contributed by atoms with Crippen LogP contribution in [0.1, 0.15) is 49.3 Å². The average Bonchev–Trinajstić information content (AvgIpc) is 2.73. The summed E-state index contributed by atoms with van der Waals surface area (Å²) in [4.78, 5) is 24.1. The smallest absolute Gasteiger partial charge is 0.240 e. The molecule has 0 bridgehead atoms. The molecule has 0 spiro atoms. The highest BCUT2D eigenvalue weighted by atomic mass is 16.5. The second-order valence-electron chi connectivity index (χ2n) is 7.15. The van der Waals surface area contributed by atoms with E-state index in [0.29, 0.717) is 17.4 Å². The van der Waals surface area contributed by atoms with Crippen molar-refractivity contribution in [3.63, 3.8) is 0 Å². The van der Waals surface area contributed by atoms with Crippen LogP contribution in [0.3, 0.4) is 0 Å². The molecule has 2 N–H and O–H groups in total. The zero-order valence-corrected chi connectivity index (χ0v) is 18.1. The van der Waals surface area contributed by atoms with Crippen LogP contribution in [0.25, 0.3) is 0 Å². The number of nitrogens with one attached hydrogen (secondary N) is 2. The number of rotatable bonds is 9. The van der Waals surface area contributed by atoms with Gasteiger partial charge in [-0.05, 0) is 53.8 Å². The van der Waals surface area contributed by atoms with E-state index in [0.717, 1.165) is 22.4 Å². The van der Waals surface area contributed by atoms with Crippen LogP contribution in [-0.4, -0.2) is 32.2 Å². The molecule has 0 aliphatic heterocycles. The summed E-state index contributed by atoms with van der Waals surface area (Å²) in [6, 6.07) is 11.1. The third-order valence-electron chi connectivity index (χ3n) is 4.59. The highest BCUT2D eigenvalue weighted by molar-refractivity contribution is 5.94. The summed E-state index contributed by atoms with van der Waals surface area (Å²) >= 11 is 0. The van der Waals surface area contributed by atoms with Crippen LogP contribution in [0.15, 0.2) is 41.5 Å². The number of hydrogen-bond donors (Lipinski definition) is 2. The van der Waals surface area contributed by atoms with Gasteiger partial charge in [-0.15, -0.1) is 0 Å². The van der Waals surface area contributed by atoms with Gasteiger partial charge in [-0.1, -0.05) is 26.0 Å². The second-order valence-corrected chi connectivity index (χ2v) is 7.15. The molecule has 0 radical (unpaired) electrons. The van der Waals surface area contributed by atoms with E-state index in [1.54, 1.807) is 31.5 Å². The van der Waals surface area contributed by atoms with Crippen molar-refractivity contribution in [3.8, 4) is 11.5 Å². The fourth-order valence-electron chi connectivity index (χ4n) is 2.90. The Labute approximate surface area is 177 Å². The van der Waals surface area contributed by atoms with Crippen molar-refractivity contribution in [2.24, 2.45) is 5.10 Å². The minimum Gasteiger partial charge on any atom is -0.496 e. The van der Waals surface area contributed by atoms with E-state index in [4.69, 9.17) is 9.47 Å². The Morgan fingerprint density at radius 3 is 2.37 bits per heavy atom. The number of carbonyl (C=O) groups excluding carboxylic acids is 2. The lowest BCUT2D eigenvalue weighted by Crippen LogP contribution is -2.20. The van der Waals surface area contributed by atoms with Crippen LogP contribution in [0.4, 0.5) is 5.69 Å². The molecule has 2 aromatic carbocycles. The predicted molar refractivity (Wildman–Crippen MR) is 118 cm³/mol. The van der Waals surface area contributed by atoms with Crippen molar-refractivity contribution in [1.82, 2.24) is 5.43 Å². The molecule has 2 amide bonds. The van der Waals surface area contributed by atoms with Gasteiger partial charge in [0, 0.05) is 12.8 Å². The summed E-state index contributed by atoms with van der Waals surface area (Å²) in [6.07, 6.45) is 1.67. The van der Waals surface area contributed by atoms with Crippen LogP contribution in [0, 0.1) is 6.92 Å². The van der Waals surface area contributed by atoms with E-state index in [-0.39, 0.29) is 24.7 Å². The molecule has 0 aliphatic rings. The Hall–Kier alpha value is -3.35. The standard InChI is InChI=1S/C23H29N3O4/c1-15(2)18-13-17(16(3)12-21(18)30-5)14-24-26-23(28)11-10-22(27)25-19-8-6-7-9-20(19)29-4/h6-9,12-15H,10-11H2,1-5H3,(H,25,27)(H,26,28). The van der Waals surface area contributed by atoms with E-state index in [1.807, 2.05) is 25.1 Å². The molecule has 30 heavy (non-hydrogen) atoms. The largest absolute Gasteiger partial charge is 0.496 e. The molecule has 0 heterocycles. The summed E-state index contributed by atoms with van der Waals surface area (Å²) in [6.45, 7) is 6.13. The lowest BCUT2D eigenvalue weighted by atomic mass is 9.97. The molecule has 0 atom stereocenters. The van der Waals surface area contributed by atoms with Gasteiger partial charge in [0.1, 0.15) is 11.5 Å². The molecule has 0 aliphatic carbocycles. The lowest BCUT2D eigenvalue weighted by Gasteiger charge is -2.14. The van der Waals surface area contributed by atoms with Crippen LogP contribution in [0.2, 0.25) is 0 Å². The maximum Gasteiger partial charge on any atom is 0.240 e. The van der Waals surface area contributed by atoms with Gasteiger partial charge in [0.15, 0.2) is 0 Å². The number of hydrogen-bond acceptors (Lipinski definition) is 5. The van der Waals surface area contributed by atoms with Gasteiger partial charge in [0.05, 0.1) is 26.1 Å². The first kappa shape index (κ1) is 22.9. The molecule has 2 rings (SSSR count). The molecule has 7 nitrogen and oxygen atoms in total. The van der Waals surface area contributed by atoms with Crippen molar-refractivity contribution >= 4 is 23.7 Å². The molecule has 0 aromatic heterocycles. The Kier molecular flexibility index (Phi) is 8.41. The van der Waals surface area contributed by atoms with Crippen molar-refractivity contribution in [2.45, 2.75) is 39.5 Å². The average molecular weight is 412 g/mol. The van der Waals surface area contributed by atoms with E-state index in [9.17, 15) is 9.59 Å². The SMILES string of the molecule is COc1ccccc1NC(=O)CCC(=O)NN=Cc1cc(C(C)C)c(OC)cc1C. The van der Waals surface area contributed by atoms with Crippen molar-refractivity contribution in [1.29, 1.82) is 0 Å². The van der Waals surface area contributed by atoms with Crippen LogP contribution < -0.4 is 20.2 Å². The summed E-state index contributed by atoms with van der Waals surface area (Å²) in [5.41, 5.74) is 6.00. The third-order valence-corrected chi connectivity index (χ3v) is 4.59. The van der Waals surface area contributed by atoms with Crippen LogP contribution >= 0.6 is 0 Å². The van der Waals surface area contributed by atoms with Gasteiger partial charge in [0.2, 0.25) is 11.8 Å². The fourth-order valence-corrected chi connectivity index (χ4v) is 2.90. The first-order chi connectivity index (χ1) is 14.3. The first-order valence-electron chi connectivity index (χ1n) is 9.79. The van der Waals surface area contributed by atoms with E-state index in [1.165, 1.54) is 7.11 Å². The molecular formula is C23H29N3O4. The number of para-hydroxylation sites is 2. The Balaban J connectivity index is 1.89. The maximum absolute atomic E-state index is 12.1. The molecule has 7 heteroatoms. The second kappa shape index (κ2) is 11.0. The van der Waals surface area contributed by atoms with Crippen molar-refractivity contribution in [2.75, 3.05) is 19.5 Å². The highest BCUT2D eigenvalue weighted by Crippen LogP contribution is 2.29. The minimum absolute atomic E-state index is 0.0250. The Morgan fingerprint density at radius 1 is 1.03 bits per heavy atom. The zero-order valence-electron chi connectivity index (χ0n) is 18.1. The highest BCUT2D eigenvalue weighted by Gasteiger charge is 2.11. The molecule has 0 unspecified atom stereocenters. The number of nitrogens with zero attached hydrogens (tertiary/aromatic N) is 1. The molecule has 0 fully saturated rings. The zero-order chi connectivity index (χ0) is 22.1. The molecule has 0 saturated carbocycles. The van der Waals surface area contributed by atoms with Gasteiger partial charge in [-0.2, -0.15) is 5.10 Å². The maximum atomic E-state index is 12.1. The number of carbonyl (C=O) groups is 2. The number of ether oxygens (including phenoxy) is 2. The number of amides is 2. The van der Waals surface area contributed by atoms with Crippen LogP contribution in [0.5, 0.6) is 11.5 Å². The minimum atomic E-state index is -0.336. The van der Waals surface area contributed by atoms with Gasteiger partial charge >= 0.3 is 0 Å². The number of benzene rings is 2. The van der Waals surface area contributed by atoms with Crippen LogP contribution in [-0.2, 0) is 9.59 Å². The normalized spacial score (nSPS) is 10.9. The topological polar surface area (TPSA) is 89.0 Å². The summed E-state index contributed by atoms with van der Waals surface area (Å²) in [7, 11) is 3.18. The molecule has 0 saturated heterocycles. The van der Waals surface area contributed by atoms with E-state index < -0.39 is 0 Å². The van der Waals surface area contributed by atoms with Gasteiger partial charge in [0.25, 0.3) is 0 Å². The summed E-state index contributed by atoms with van der Waals surface area (Å²) < 4.78 is 10.6. The quantitative estimate of drug-likeness (QED) is 0.482. The lowest BCUT2D eigenvalue weighted by molar-refractivity contribution is -0.124. The third kappa shape index (κ3) is 6.34. The van der Waals surface area contributed by atoms with Crippen molar-refractivity contribution in [3.05, 3.63) is 53.1 Å². The first-order valence-corrected chi connectivity index (χ1v) is 9.79. The van der Waals surface area contributed by atoms with Crippen molar-refractivity contribution < 1.29 is 19.1 Å². The summed E-state index contributed by atoms with van der Waals surface area (Å²) in [5, 5.41) is 6.77. The van der Waals surface area contributed by atoms with E-state index in [2.05, 4.69) is 29.7 Å². The Bertz CT molecular complexity index is 923. The monoisotopic (exact) mass is 411 g/mol. The van der Waals surface area contributed by atoms with Gasteiger partial charge in [-0.25, -0.2) is 5.43 Å². The van der Waals surface area contributed by atoms with Gasteiger partial charge in [-0.3, -0.25) is 9.59 Å². The summed E-state index contributed by atoms with van der Waals surface area (Å²) in [5.74, 6) is 1.09. The molecule has 2 aromatic rings. The molecule has 160 valence electrons. The number of anilines is 1. The van der Waals surface area contributed by atoms with Gasteiger partial charge < -0.3 is 14.8 Å². The number of methoxy groups -OCH3 is 2. The number of aryl methyl sites for hydroxylation is 1. The van der Waals surface area contributed by atoms with E-state index >= 15 is 0 Å². The molecular weight excluding hydrogens is 382 g/mol. The fraction of sp³-hybridized carbons (Fsp3) is 0.348. The Morgan fingerprint density at radius 2 is 1.70 bits per heavy atom. The predicted octanol–water partition coefficient (Wildman–Crippen LogP) is 4.00. The number of hydrazone groups is 1.